The van der Waals surface area contributed by atoms with Crippen LogP contribution in [0.4, 0.5) is 5.69 Å². The van der Waals surface area contributed by atoms with Crippen LogP contribution in [-0.4, -0.2) is 23.9 Å². The van der Waals surface area contributed by atoms with E-state index >= 15 is 0 Å². The molecule has 5 heteroatoms. The Kier molecular flexibility index (Phi) is 4.09. The van der Waals surface area contributed by atoms with Crippen LogP contribution in [0.2, 0.25) is 0 Å². The van der Waals surface area contributed by atoms with Crippen LogP contribution in [0.5, 0.6) is 0 Å². The van der Waals surface area contributed by atoms with Gasteiger partial charge < -0.3 is 16.4 Å². The van der Waals surface area contributed by atoms with Crippen LogP contribution in [0.15, 0.2) is 18.2 Å². The molecule has 0 aromatic heterocycles. The molecule has 0 saturated carbocycles. The first kappa shape index (κ1) is 14.5. The lowest BCUT2D eigenvalue weighted by Crippen LogP contribution is -2.50. The van der Waals surface area contributed by atoms with Crippen LogP contribution < -0.4 is 16.4 Å². The van der Waals surface area contributed by atoms with Gasteiger partial charge in [0.05, 0.1) is 5.54 Å². The topological polar surface area (TPSA) is 84.2 Å². The summed E-state index contributed by atoms with van der Waals surface area (Å²) in [6, 6.07) is 5.13. The summed E-state index contributed by atoms with van der Waals surface area (Å²) in [6.45, 7) is 4.69. The molecule has 1 saturated heterocycles. The van der Waals surface area contributed by atoms with Gasteiger partial charge in [0.15, 0.2) is 0 Å². The zero-order valence-corrected chi connectivity index (χ0v) is 12.0. The van der Waals surface area contributed by atoms with Gasteiger partial charge in [-0.1, -0.05) is 6.92 Å². The van der Waals surface area contributed by atoms with Gasteiger partial charge in [0.1, 0.15) is 0 Å². The number of carbonyl (C=O) groups excluding carboxylic acids is 2. The minimum absolute atomic E-state index is 0.0104. The second-order valence-electron chi connectivity index (χ2n) is 5.31. The number of hydrogen-bond donors (Lipinski definition) is 3. The van der Waals surface area contributed by atoms with Crippen LogP contribution in [0, 0.1) is 6.92 Å². The Morgan fingerprint density at radius 2 is 2.20 bits per heavy atom. The average Bonchev–Trinajstić information content (AvgIpc) is 2.88. The number of hydrogen-bond acceptors (Lipinski definition) is 3. The predicted octanol–water partition coefficient (Wildman–Crippen LogP) is 1.56. The SMILES string of the molecule is CCC1(C(=O)Nc2ccc(C(N)=O)c(C)c2)CCCN1. The van der Waals surface area contributed by atoms with Crippen LogP contribution in [0.25, 0.3) is 0 Å². The van der Waals surface area contributed by atoms with Crippen LogP contribution in [0.3, 0.4) is 0 Å². The molecule has 4 N–H and O–H groups in total. The first-order valence-electron chi connectivity index (χ1n) is 6.95. The van der Waals surface area contributed by atoms with Gasteiger partial charge in [0.2, 0.25) is 11.8 Å². The molecule has 1 atom stereocenters. The highest BCUT2D eigenvalue weighted by Crippen LogP contribution is 2.25. The Morgan fingerprint density at radius 1 is 1.45 bits per heavy atom. The maximum absolute atomic E-state index is 12.4. The van der Waals surface area contributed by atoms with E-state index in [2.05, 4.69) is 10.6 Å². The van der Waals surface area contributed by atoms with Gasteiger partial charge in [-0.15, -0.1) is 0 Å². The first-order valence-corrected chi connectivity index (χ1v) is 6.95. The Hall–Kier alpha value is -1.88. The smallest absolute Gasteiger partial charge is 0.248 e. The summed E-state index contributed by atoms with van der Waals surface area (Å²) in [5.41, 5.74) is 6.75. The lowest BCUT2D eigenvalue weighted by atomic mass is 9.93. The van der Waals surface area contributed by atoms with E-state index in [1.54, 1.807) is 25.1 Å². The van der Waals surface area contributed by atoms with Gasteiger partial charge in [0, 0.05) is 11.3 Å². The van der Waals surface area contributed by atoms with E-state index in [9.17, 15) is 9.59 Å². The summed E-state index contributed by atoms with van der Waals surface area (Å²) >= 11 is 0. The number of primary amides is 1. The zero-order valence-electron chi connectivity index (χ0n) is 12.0. The number of nitrogens with two attached hydrogens (primary N) is 1. The number of amides is 2. The summed E-state index contributed by atoms with van der Waals surface area (Å²) in [7, 11) is 0. The predicted molar refractivity (Wildman–Crippen MR) is 78.6 cm³/mol. The minimum Gasteiger partial charge on any atom is -0.366 e. The molecule has 2 rings (SSSR count). The Labute approximate surface area is 118 Å². The van der Waals surface area contributed by atoms with Crippen molar-refractivity contribution < 1.29 is 9.59 Å². The molecule has 0 aliphatic carbocycles. The molecule has 0 bridgehead atoms. The van der Waals surface area contributed by atoms with Crippen molar-refractivity contribution >= 4 is 17.5 Å². The lowest BCUT2D eigenvalue weighted by Gasteiger charge is -2.26. The summed E-state index contributed by atoms with van der Waals surface area (Å²) in [4.78, 5) is 23.6. The molecule has 1 aliphatic heterocycles. The number of nitrogens with one attached hydrogen (secondary N) is 2. The summed E-state index contributed by atoms with van der Waals surface area (Å²) in [5.74, 6) is -0.466. The maximum atomic E-state index is 12.4. The minimum atomic E-state index is -0.462. The molecule has 0 radical (unpaired) electrons. The summed E-state index contributed by atoms with van der Waals surface area (Å²) in [5, 5.41) is 6.23. The Morgan fingerprint density at radius 3 is 2.70 bits per heavy atom. The Balaban J connectivity index is 2.16. The van der Waals surface area contributed by atoms with Crippen molar-refractivity contribution in [2.24, 2.45) is 5.73 Å². The van der Waals surface area contributed by atoms with Crippen molar-refractivity contribution in [3.8, 4) is 0 Å². The molecular formula is C15H21N3O2. The molecule has 1 unspecified atom stereocenters. The van der Waals surface area contributed by atoms with E-state index in [0.29, 0.717) is 11.3 Å². The molecule has 20 heavy (non-hydrogen) atoms. The standard InChI is InChI=1S/C15H21N3O2/c1-3-15(7-4-8-17-15)14(20)18-11-5-6-12(13(16)19)10(2)9-11/h5-6,9,17H,3-4,7-8H2,1-2H3,(H2,16,19)(H,18,20). The van der Waals surface area contributed by atoms with Crippen molar-refractivity contribution in [3.63, 3.8) is 0 Å². The van der Waals surface area contributed by atoms with Crippen molar-refractivity contribution in [2.45, 2.75) is 38.6 Å². The fraction of sp³-hybridized carbons (Fsp3) is 0.467. The van der Waals surface area contributed by atoms with Crippen LogP contribution in [0.1, 0.15) is 42.1 Å². The van der Waals surface area contributed by atoms with Gasteiger partial charge >= 0.3 is 0 Å². The first-order chi connectivity index (χ1) is 9.48. The highest BCUT2D eigenvalue weighted by Gasteiger charge is 2.39. The molecule has 108 valence electrons. The molecule has 1 fully saturated rings. The monoisotopic (exact) mass is 275 g/mol. The van der Waals surface area contributed by atoms with E-state index in [1.807, 2.05) is 6.92 Å². The van der Waals surface area contributed by atoms with Crippen LogP contribution >= 0.6 is 0 Å². The second-order valence-corrected chi connectivity index (χ2v) is 5.31. The summed E-state index contributed by atoms with van der Waals surface area (Å²) < 4.78 is 0. The average molecular weight is 275 g/mol. The molecule has 1 aliphatic rings. The molecule has 5 nitrogen and oxygen atoms in total. The zero-order chi connectivity index (χ0) is 14.8. The van der Waals surface area contributed by atoms with E-state index in [-0.39, 0.29) is 5.91 Å². The van der Waals surface area contributed by atoms with E-state index in [4.69, 9.17) is 5.73 Å². The third-order valence-electron chi connectivity index (χ3n) is 4.03. The van der Waals surface area contributed by atoms with Gasteiger partial charge in [0.25, 0.3) is 0 Å². The fourth-order valence-corrected chi connectivity index (χ4v) is 2.73. The summed E-state index contributed by atoms with van der Waals surface area (Å²) in [6.07, 6.45) is 2.63. The normalized spacial score (nSPS) is 21.7. The molecule has 1 aromatic rings. The van der Waals surface area contributed by atoms with Crippen molar-refractivity contribution in [1.29, 1.82) is 0 Å². The van der Waals surface area contributed by atoms with Gasteiger partial charge in [-0.2, -0.15) is 0 Å². The number of carbonyl (C=O) groups is 2. The fourth-order valence-electron chi connectivity index (χ4n) is 2.73. The van der Waals surface area contributed by atoms with Gasteiger partial charge in [-0.05, 0) is 56.5 Å². The van der Waals surface area contributed by atoms with Crippen molar-refractivity contribution in [2.75, 3.05) is 11.9 Å². The number of aryl methyl sites for hydroxylation is 1. The maximum Gasteiger partial charge on any atom is 0.248 e. The number of anilines is 1. The van der Waals surface area contributed by atoms with Crippen molar-refractivity contribution in [1.82, 2.24) is 5.32 Å². The quantitative estimate of drug-likeness (QED) is 0.779. The molecule has 1 aromatic carbocycles. The van der Waals surface area contributed by atoms with E-state index in [0.717, 1.165) is 31.4 Å². The third kappa shape index (κ3) is 2.67. The third-order valence-corrected chi connectivity index (χ3v) is 4.03. The van der Waals surface area contributed by atoms with E-state index in [1.165, 1.54) is 0 Å². The Bertz CT molecular complexity index is 534. The molecule has 2 amide bonds. The van der Waals surface area contributed by atoms with Gasteiger partial charge in [-0.3, -0.25) is 9.59 Å². The van der Waals surface area contributed by atoms with Crippen molar-refractivity contribution in [3.05, 3.63) is 29.3 Å². The molecule has 1 heterocycles. The number of benzene rings is 1. The molecule has 0 spiro atoms. The number of rotatable bonds is 4. The van der Waals surface area contributed by atoms with Crippen LogP contribution in [-0.2, 0) is 4.79 Å². The highest BCUT2D eigenvalue weighted by molar-refractivity contribution is 5.99. The second kappa shape index (κ2) is 5.63. The highest BCUT2D eigenvalue weighted by atomic mass is 16.2. The lowest BCUT2D eigenvalue weighted by molar-refractivity contribution is -0.122. The van der Waals surface area contributed by atoms with E-state index < -0.39 is 11.4 Å². The molecular weight excluding hydrogens is 254 g/mol. The largest absolute Gasteiger partial charge is 0.366 e. The van der Waals surface area contributed by atoms with Gasteiger partial charge in [-0.25, -0.2) is 0 Å².